The number of nitrogens with zero attached hydrogens (tertiary/aromatic N) is 1. The van der Waals surface area contributed by atoms with Gasteiger partial charge in [-0.15, -0.1) is 11.3 Å². The lowest BCUT2D eigenvalue weighted by Crippen LogP contribution is -2.48. The Bertz CT molecular complexity index is 457. The van der Waals surface area contributed by atoms with E-state index in [2.05, 4.69) is 0 Å². The lowest BCUT2D eigenvalue weighted by molar-refractivity contribution is -0.154. The fourth-order valence-electron chi connectivity index (χ4n) is 1.82. The molecule has 6 heteroatoms. The summed E-state index contributed by atoms with van der Waals surface area (Å²) in [7, 11) is 0. The molecule has 0 bridgehead atoms. The van der Waals surface area contributed by atoms with Gasteiger partial charge in [-0.2, -0.15) is 0 Å². The average Bonchev–Trinajstić information content (AvgIpc) is 2.86. The van der Waals surface area contributed by atoms with E-state index in [1.54, 1.807) is 11.0 Å². The van der Waals surface area contributed by atoms with Gasteiger partial charge in [0.2, 0.25) is 0 Å². The van der Waals surface area contributed by atoms with Crippen LogP contribution >= 0.6 is 11.3 Å². The predicted octanol–water partition coefficient (Wildman–Crippen LogP) is 1.24. The van der Waals surface area contributed by atoms with Crippen LogP contribution in [0.3, 0.4) is 0 Å². The molecule has 18 heavy (non-hydrogen) atoms. The van der Waals surface area contributed by atoms with Crippen LogP contribution in [0.5, 0.6) is 0 Å². The molecule has 1 amide bonds. The Labute approximate surface area is 109 Å². The van der Waals surface area contributed by atoms with Gasteiger partial charge in [0.25, 0.3) is 5.91 Å². The van der Waals surface area contributed by atoms with Crippen molar-refractivity contribution in [1.29, 1.82) is 0 Å². The zero-order chi connectivity index (χ0) is 13.1. The van der Waals surface area contributed by atoms with Gasteiger partial charge in [0.1, 0.15) is 0 Å². The number of hydrogen-bond acceptors (Lipinski definition) is 4. The van der Waals surface area contributed by atoms with Crippen molar-refractivity contribution in [2.24, 2.45) is 0 Å². The summed E-state index contributed by atoms with van der Waals surface area (Å²) in [5.41, 5.74) is 0. The van der Waals surface area contributed by atoms with Crippen molar-refractivity contribution >= 4 is 23.2 Å². The molecule has 1 aliphatic rings. The van der Waals surface area contributed by atoms with Crippen LogP contribution in [-0.2, 0) is 16.0 Å². The molecule has 0 saturated carbocycles. The molecular formula is C12H15NO4S. The topological polar surface area (TPSA) is 66.8 Å². The Hall–Kier alpha value is -1.40. The minimum atomic E-state index is -1.02. The number of aliphatic carboxylic acids is 1. The molecule has 0 spiro atoms. The number of carboxylic acid groups (broad SMARTS) is 1. The largest absolute Gasteiger partial charge is 0.479 e. The van der Waals surface area contributed by atoms with E-state index in [4.69, 9.17) is 9.84 Å². The Morgan fingerprint density at radius 1 is 1.56 bits per heavy atom. The molecule has 98 valence electrons. The molecular weight excluding hydrogens is 254 g/mol. The fourth-order valence-corrected chi connectivity index (χ4v) is 2.74. The summed E-state index contributed by atoms with van der Waals surface area (Å²) >= 11 is 1.46. The number of thiophene rings is 1. The Morgan fingerprint density at radius 2 is 2.33 bits per heavy atom. The molecule has 1 aromatic rings. The van der Waals surface area contributed by atoms with Gasteiger partial charge in [-0.1, -0.05) is 6.92 Å². The van der Waals surface area contributed by atoms with Gasteiger partial charge in [-0.25, -0.2) is 4.79 Å². The zero-order valence-electron chi connectivity index (χ0n) is 10.1. The average molecular weight is 269 g/mol. The summed E-state index contributed by atoms with van der Waals surface area (Å²) in [6.45, 7) is 2.87. The van der Waals surface area contributed by atoms with E-state index >= 15 is 0 Å². The van der Waals surface area contributed by atoms with E-state index in [9.17, 15) is 9.59 Å². The van der Waals surface area contributed by atoms with Crippen molar-refractivity contribution < 1.29 is 19.4 Å². The molecule has 0 radical (unpaired) electrons. The van der Waals surface area contributed by atoms with E-state index in [-0.39, 0.29) is 19.1 Å². The van der Waals surface area contributed by atoms with Crippen molar-refractivity contribution in [3.05, 3.63) is 21.9 Å². The van der Waals surface area contributed by atoms with Crippen LogP contribution in [0, 0.1) is 0 Å². The number of carbonyl (C=O) groups is 2. The third kappa shape index (κ3) is 2.70. The minimum absolute atomic E-state index is 0.103. The maximum Gasteiger partial charge on any atom is 0.334 e. The predicted molar refractivity (Wildman–Crippen MR) is 67.0 cm³/mol. The summed E-state index contributed by atoms with van der Waals surface area (Å²) in [4.78, 5) is 26.4. The first-order valence-electron chi connectivity index (χ1n) is 5.84. The highest BCUT2D eigenvalue weighted by Crippen LogP contribution is 2.20. The van der Waals surface area contributed by atoms with Crippen LogP contribution in [0.2, 0.25) is 0 Å². The highest BCUT2D eigenvalue weighted by molar-refractivity contribution is 7.14. The normalized spacial score (nSPS) is 19.8. The number of carboxylic acids is 1. The van der Waals surface area contributed by atoms with Crippen molar-refractivity contribution in [2.75, 3.05) is 19.7 Å². The summed E-state index contributed by atoms with van der Waals surface area (Å²) in [5.74, 6) is -1.12. The first-order chi connectivity index (χ1) is 8.61. The number of carbonyl (C=O) groups excluding carboxylic acids is 1. The van der Waals surface area contributed by atoms with Crippen molar-refractivity contribution in [3.63, 3.8) is 0 Å². The first-order valence-corrected chi connectivity index (χ1v) is 6.66. The number of hydrogen-bond donors (Lipinski definition) is 1. The highest BCUT2D eigenvalue weighted by Gasteiger charge is 2.29. The maximum atomic E-state index is 12.2. The Balaban J connectivity index is 2.06. The molecule has 0 aromatic carbocycles. The van der Waals surface area contributed by atoms with E-state index in [0.29, 0.717) is 11.4 Å². The summed E-state index contributed by atoms with van der Waals surface area (Å²) in [5, 5.41) is 8.89. The van der Waals surface area contributed by atoms with Gasteiger partial charge in [0, 0.05) is 11.4 Å². The van der Waals surface area contributed by atoms with Crippen LogP contribution in [0.15, 0.2) is 12.1 Å². The van der Waals surface area contributed by atoms with E-state index in [1.807, 2.05) is 13.0 Å². The van der Waals surface area contributed by atoms with Gasteiger partial charge in [0.15, 0.2) is 6.10 Å². The van der Waals surface area contributed by atoms with Crippen LogP contribution in [0.4, 0.5) is 0 Å². The SMILES string of the molecule is CCc1ccc(C(=O)N2CCO[C@@H](C(=O)O)C2)s1. The number of morpholine rings is 1. The molecule has 5 nitrogen and oxygen atoms in total. The van der Waals surface area contributed by atoms with Gasteiger partial charge in [-0.3, -0.25) is 4.79 Å². The summed E-state index contributed by atoms with van der Waals surface area (Å²) in [6, 6.07) is 3.74. The zero-order valence-corrected chi connectivity index (χ0v) is 10.9. The second-order valence-corrected chi connectivity index (χ2v) is 5.24. The third-order valence-corrected chi connectivity index (χ3v) is 4.07. The smallest absolute Gasteiger partial charge is 0.334 e. The molecule has 1 fully saturated rings. The fraction of sp³-hybridized carbons (Fsp3) is 0.500. The molecule has 1 aromatic heterocycles. The van der Waals surface area contributed by atoms with Crippen molar-refractivity contribution in [1.82, 2.24) is 4.90 Å². The molecule has 0 aliphatic carbocycles. The molecule has 2 rings (SSSR count). The number of aryl methyl sites for hydroxylation is 1. The van der Waals surface area contributed by atoms with Gasteiger partial charge >= 0.3 is 5.97 Å². The standard InChI is InChI=1S/C12H15NO4S/c1-2-8-3-4-10(18-8)11(14)13-5-6-17-9(7-13)12(15)16/h3-4,9H,2,5-7H2,1H3,(H,15,16)/t9-/m1/s1. The first kappa shape index (κ1) is 13.0. The Kier molecular flexibility index (Phi) is 3.98. The van der Waals surface area contributed by atoms with Crippen molar-refractivity contribution in [2.45, 2.75) is 19.4 Å². The molecule has 1 aliphatic heterocycles. The monoisotopic (exact) mass is 269 g/mol. The highest BCUT2D eigenvalue weighted by atomic mass is 32.1. The second kappa shape index (κ2) is 5.49. The number of rotatable bonds is 3. The molecule has 1 N–H and O–H groups in total. The van der Waals surface area contributed by atoms with E-state index in [0.717, 1.165) is 11.3 Å². The molecule has 1 atom stereocenters. The van der Waals surface area contributed by atoms with Gasteiger partial charge in [-0.05, 0) is 18.6 Å². The third-order valence-electron chi connectivity index (χ3n) is 2.85. The summed E-state index contributed by atoms with van der Waals surface area (Å²) in [6.07, 6.45) is -0.00738. The Morgan fingerprint density at radius 3 is 2.94 bits per heavy atom. The van der Waals surface area contributed by atoms with E-state index in [1.165, 1.54) is 11.3 Å². The molecule has 0 unspecified atom stereocenters. The lowest BCUT2D eigenvalue weighted by atomic mass is 10.2. The lowest BCUT2D eigenvalue weighted by Gasteiger charge is -2.30. The summed E-state index contributed by atoms with van der Waals surface area (Å²) < 4.78 is 5.09. The minimum Gasteiger partial charge on any atom is -0.479 e. The quantitative estimate of drug-likeness (QED) is 0.896. The van der Waals surface area contributed by atoms with Crippen molar-refractivity contribution in [3.8, 4) is 0 Å². The number of amides is 1. The number of ether oxygens (including phenoxy) is 1. The maximum absolute atomic E-state index is 12.2. The second-order valence-electron chi connectivity index (χ2n) is 4.07. The van der Waals surface area contributed by atoms with Gasteiger partial charge < -0.3 is 14.7 Å². The van der Waals surface area contributed by atoms with Crippen LogP contribution in [0.1, 0.15) is 21.5 Å². The van der Waals surface area contributed by atoms with E-state index < -0.39 is 12.1 Å². The van der Waals surface area contributed by atoms with Crippen LogP contribution < -0.4 is 0 Å². The molecule has 2 heterocycles. The van der Waals surface area contributed by atoms with Gasteiger partial charge in [0.05, 0.1) is 18.0 Å². The van der Waals surface area contributed by atoms with Crippen LogP contribution in [0.25, 0.3) is 0 Å². The molecule has 1 saturated heterocycles. The van der Waals surface area contributed by atoms with Crippen LogP contribution in [-0.4, -0.2) is 47.7 Å².